The van der Waals surface area contributed by atoms with Crippen LogP contribution in [0, 0.1) is 0 Å². The van der Waals surface area contributed by atoms with Gasteiger partial charge < -0.3 is 0 Å². The minimum atomic E-state index is 0.357. The molecule has 0 aliphatic rings. The van der Waals surface area contributed by atoms with Gasteiger partial charge in [0.05, 0.1) is 0 Å². The van der Waals surface area contributed by atoms with E-state index in [0.717, 1.165) is 6.69 Å². The van der Waals surface area contributed by atoms with E-state index in [0.29, 0.717) is 5.31 Å². The van der Waals surface area contributed by atoms with Gasteiger partial charge in [0, 0.05) is 0 Å². The van der Waals surface area contributed by atoms with E-state index in [9.17, 15) is 0 Å². The molecule has 0 nitrogen and oxygen atoms in total. The lowest BCUT2D eigenvalue weighted by Gasteiger charge is -2.17. The third kappa shape index (κ3) is 13.7. The molecule has 0 amide bonds. The summed E-state index contributed by atoms with van der Waals surface area (Å²) in [6.07, 6.45) is 6.55. The highest BCUT2D eigenvalue weighted by Gasteiger charge is 2.15. The molecule has 0 aromatic carbocycles. The molecule has 11 heavy (non-hydrogen) atoms. The highest BCUT2D eigenvalue weighted by molar-refractivity contribution is 7.97. The Bertz CT molecular complexity index is 76.5. The fraction of sp³-hybridized carbons (Fsp3) is 1.00. The maximum atomic E-state index is 5.67. The molecular formula is C8H20BClS. The third-order valence-corrected chi connectivity index (χ3v) is 2.01. The average molecular weight is 195 g/mol. The van der Waals surface area contributed by atoms with E-state index >= 15 is 0 Å². The Morgan fingerprint density at radius 2 is 1.73 bits per heavy atom. The summed E-state index contributed by atoms with van der Waals surface area (Å²) in [6.45, 7) is 7.36. The molecule has 3 heteroatoms. The zero-order valence-corrected chi connectivity index (χ0v) is 9.98. The van der Waals surface area contributed by atoms with E-state index in [-0.39, 0.29) is 0 Å². The van der Waals surface area contributed by atoms with E-state index in [1.165, 1.54) is 12.8 Å². The minimum absolute atomic E-state index is 0.357. The lowest BCUT2D eigenvalue weighted by Crippen LogP contribution is -2.06. The van der Waals surface area contributed by atoms with E-state index < -0.39 is 0 Å². The number of hydrogen-bond acceptors (Lipinski definition) is 1. The lowest BCUT2D eigenvalue weighted by atomic mass is 9.68. The van der Waals surface area contributed by atoms with Crippen LogP contribution in [0.25, 0.3) is 0 Å². The van der Waals surface area contributed by atoms with Gasteiger partial charge in [0.2, 0.25) is 6.69 Å². The molecule has 0 saturated heterocycles. The summed E-state index contributed by atoms with van der Waals surface area (Å²) < 4.78 is 0. The summed E-state index contributed by atoms with van der Waals surface area (Å²) in [6, 6.07) is 0. The second-order valence-electron chi connectivity index (χ2n) is 3.46. The number of rotatable bonds is 3. The molecule has 0 aromatic rings. The highest BCUT2D eigenvalue weighted by atomic mass is 35.5. The predicted octanol–water partition coefficient (Wildman–Crippen LogP) is 3.55. The highest BCUT2D eigenvalue weighted by Crippen LogP contribution is 2.29. The summed E-state index contributed by atoms with van der Waals surface area (Å²) >= 11 is 7.42. The van der Waals surface area contributed by atoms with Crippen LogP contribution in [0.15, 0.2) is 0 Å². The molecular weight excluding hydrogens is 174 g/mol. The van der Waals surface area contributed by atoms with Crippen LogP contribution >= 0.6 is 23.2 Å². The molecule has 0 aliphatic carbocycles. The molecule has 0 bridgehead atoms. The first-order valence-electron chi connectivity index (χ1n) is 4.00. The van der Waals surface area contributed by atoms with Gasteiger partial charge in [-0.15, -0.1) is 0 Å². The third-order valence-electron chi connectivity index (χ3n) is 1.29. The molecule has 0 aromatic heterocycles. The van der Waals surface area contributed by atoms with Crippen molar-refractivity contribution in [1.82, 2.24) is 0 Å². The van der Waals surface area contributed by atoms with Crippen LogP contribution in [0.1, 0.15) is 33.6 Å². The van der Waals surface area contributed by atoms with Gasteiger partial charge in [-0.05, 0) is 17.8 Å². The molecule has 68 valence electrons. The quantitative estimate of drug-likeness (QED) is 0.619. The monoisotopic (exact) mass is 194 g/mol. The molecule has 0 N–H and O–H groups in total. The second-order valence-corrected chi connectivity index (χ2v) is 4.54. The summed E-state index contributed by atoms with van der Waals surface area (Å²) in [5.74, 6) is 0. The molecule has 0 aliphatic heterocycles. The maximum Gasteiger partial charge on any atom is 0.238 e. The molecule has 0 unspecified atom stereocenters. The van der Waals surface area contributed by atoms with Crippen molar-refractivity contribution in [2.75, 3.05) is 12.5 Å². The zero-order valence-electron chi connectivity index (χ0n) is 8.41. The lowest BCUT2D eigenvalue weighted by molar-refractivity contribution is 0.598. The normalized spacial score (nSPS) is 10.0. The van der Waals surface area contributed by atoms with Crippen LogP contribution in [-0.4, -0.2) is 19.2 Å². The standard InChI is InChI=1S/C6H14BCl.C2H6S/c1-4-5-6(2,3)7-8;1-3-2/h7H,4-5H2,1-3H3;1-2H3. The van der Waals surface area contributed by atoms with Crippen molar-refractivity contribution in [1.29, 1.82) is 0 Å². The van der Waals surface area contributed by atoms with Crippen LogP contribution < -0.4 is 0 Å². The van der Waals surface area contributed by atoms with E-state index in [4.69, 9.17) is 11.5 Å². The van der Waals surface area contributed by atoms with Crippen molar-refractivity contribution in [2.45, 2.75) is 38.9 Å². The van der Waals surface area contributed by atoms with Crippen molar-refractivity contribution >= 4 is 29.9 Å². The number of thioether (sulfide) groups is 1. The summed E-state index contributed by atoms with van der Waals surface area (Å²) in [5, 5.41) is 0.357. The van der Waals surface area contributed by atoms with Crippen LogP contribution in [0.3, 0.4) is 0 Å². The summed E-state index contributed by atoms with van der Waals surface area (Å²) in [4.78, 5) is 0. The Kier molecular flexibility index (Phi) is 11.4. The van der Waals surface area contributed by atoms with Crippen molar-refractivity contribution in [2.24, 2.45) is 0 Å². The Labute approximate surface area is 81.6 Å². The van der Waals surface area contributed by atoms with Crippen LogP contribution in [-0.2, 0) is 0 Å². The van der Waals surface area contributed by atoms with Gasteiger partial charge in [-0.25, -0.2) is 11.5 Å². The molecule has 0 saturated carbocycles. The Morgan fingerprint density at radius 1 is 1.36 bits per heavy atom. The number of halogens is 1. The van der Waals surface area contributed by atoms with Gasteiger partial charge in [0.25, 0.3) is 0 Å². The van der Waals surface area contributed by atoms with Crippen molar-refractivity contribution < 1.29 is 0 Å². The number of hydrogen-bond donors (Lipinski definition) is 0. The first-order valence-corrected chi connectivity index (χ1v) is 6.17. The molecule has 0 spiro atoms. The van der Waals surface area contributed by atoms with E-state index in [1.54, 1.807) is 11.8 Å². The molecule has 0 atom stereocenters. The average Bonchev–Trinajstić information content (AvgIpc) is 1.90. The molecule has 0 radical (unpaired) electrons. The molecule has 0 heterocycles. The van der Waals surface area contributed by atoms with Gasteiger partial charge in [0.15, 0.2) is 0 Å². The van der Waals surface area contributed by atoms with Crippen molar-refractivity contribution in [3.05, 3.63) is 0 Å². The first kappa shape index (κ1) is 14.2. The van der Waals surface area contributed by atoms with Crippen LogP contribution in [0.2, 0.25) is 5.31 Å². The second kappa shape index (κ2) is 8.80. The maximum absolute atomic E-state index is 5.67. The van der Waals surface area contributed by atoms with E-state index in [1.807, 2.05) is 12.5 Å². The van der Waals surface area contributed by atoms with E-state index in [2.05, 4.69) is 20.8 Å². The molecule has 0 rings (SSSR count). The van der Waals surface area contributed by atoms with Crippen LogP contribution in [0.5, 0.6) is 0 Å². The zero-order chi connectivity index (χ0) is 9.33. The molecule has 0 fully saturated rings. The van der Waals surface area contributed by atoms with Crippen molar-refractivity contribution in [3.8, 4) is 0 Å². The first-order chi connectivity index (χ1) is 5.04. The largest absolute Gasteiger partial charge is 0.238 e. The fourth-order valence-corrected chi connectivity index (χ4v) is 0.877. The summed E-state index contributed by atoms with van der Waals surface area (Å²) in [5.41, 5.74) is 0. The van der Waals surface area contributed by atoms with Gasteiger partial charge in [-0.2, -0.15) is 11.8 Å². The minimum Gasteiger partial charge on any atom is -0.200 e. The Balaban J connectivity index is 0. The Morgan fingerprint density at radius 3 is 1.82 bits per heavy atom. The van der Waals surface area contributed by atoms with Gasteiger partial charge in [0.1, 0.15) is 0 Å². The van der Waals surface area contributed by atoms with Gasteiger partial charge in [-0.1, -0.05) is 33.6 Å². The summed E-state index contributed by atoms with van der Waals surface area (Å²) in [7, 11) is 0. The van der Waals surface area contributed by atoms with Crippen LogP contribution in [0.4, 0.5) is 0 Å². The van der Waals surface area contributed by atoms with Crippen molar-refractivity contribution in [3.63, 3.8) is 0 Å². The SMILES string of the molecule is CCCC(C)(C)BCl.CSC. The predicted molar refractivity (Wildman–Crippen MR) is 61.4 cm³/mol. The smallest absolute Gasteiger partial charge is 0.200 e. The van der Waals surface area contributed by atoms with Gasteiger partial charge in [-0.3, -0.25) is 0 Å². The van der Waals surface area contributed by atoms with Gasteiger partial charge >= 0.3 is 0 Å². The topological polar surface area (TPSA) is 0 Å². The fourth-order valence-electron chi connectivity index (χ4n) is 0.744. The Hall–Kier alpha value is 0.705.